The molecule has 0 atom stereocenters. The van der Waals surface area contributed by atoms with E-state index in [1.807, 2.05) is 6.92 Å². The monoisotopic (exact) mass is 270 g/mol. The molecule has 4 heteroatoms. The van der Waals surface area contributed by atoms with Crippen molar-refractivity contribution in [1.82, 2.24) is 0 Å². The molecule has 19 heavy (non-hydrogen) atoms. The lowest BCUT2D eigenvalue weighted by molar-refractivity contribution is -0.0883. The Balaban J connectivity index is 5.03. The van der Waals surface area contributed by atoms with Crippen LogP contribution in [0.1, 0.15) is 13.8 Å². The lowest BCUT2D eigenvalue weighted by atomic mass is 10.2. The summed E-state index contributed by atoms with van der Waals surface area (Å²) in [6, 6.07) is 0. The van der Waals surface area contributed by atoms with Crippen molar-refractivity contribution in [3.8, 4) is 0 Å². The molecule has 0 aliphatic rings. The molecule has 0 heterocycles. The Hall–Kier alpha value is -1.97. The number of ether oxygens (including phenoxy) is 1. The molecule has 0 N–H and O–H groups in total. The summed E-state index contributed by atoms with van der Waals surface area (Å²) < 4.78 is 42.7. The van der Waals surface area contributed by atoms with E-state index in [1.165, 1.54) is 0 Å². The van der Waals surface area contributed by atoms with Crippen molar-refractivity contribution in [3.05, 3.63) is 72.8 Å². The normalized spacial score (nSPS) is 14.2. The van der Waals surface area contributed by atoms with E-state index >= 15 is 0 Å². The first-order chi connectivity index (χ1) is 8.85. The highest BCUT2D eigenvalue weighted by molar-refractivity contribution is 5.30. The van der Waals surface area contributed by atoms with Gasteiger partial charge in [0, 0.05) is 0 Å². The fourth-order valence-corrected chi connectivity index (χ4v) is 1.09. The number of rotatable bonds is 6. The summed E-state index contributed by atoms with van der Waals surface area (Å²) in [6.07, 6.45) is 5.51. The highest BCUT2D eigenvalue weighted by atomic mass is 19.4. The molecule has 0 fully saturated rings. The molecule has 0 rings (SSSR count). The average Bonchev–Trinajstić information content (AvgIpc) is 2.31. The standard InChI is InChI=1S/C15H17F3O/c1-5-8-10-14(9-6-2)19-12(4)11-13(7-3)15(16,17)18/h5-11H,3-4H2,1-2H3/b8-5-,9-6+,13-11+,14-10+. The zero-order chi connectivity index (χ0) is 14.9. The van der Waals surface area contributed by atoms with Crippen LogP contribution in [0.2, 0.25) is 0 Å². The van der Waals surface area contributed by atoms with Gasteiger partial charge in [-0.05, 0) is 32.1 Å². The SMILES string of the molecule is C=C/C(=C\C(=C)OC(/C=C/C)=C/C=C\C)C(F)(F)F. The second-order valence-corrected chi connectivity index (χ2v) is 3.46. The average molecular weight is 270 g/mol. The number of halogens is 3. The van der Waals surface area contributed by atoms with Gasteiger partial charge in [0.05, 0.1) is 5.57 Å². The lowest BCUT2D eigenvalue weighted by Crippen LogP contribution is -2.10. The second-order valence-electron chi connectivity index (χ2n) is 3.46. The van der Waals surface area contributed by atoms with Gasteiger partial charge < -0.3 is 4.74 Å². The Kier molecular flexibility index (Phi) is 7.34. The van der Waals surface area contributed by atoms with Gasteiger partial charge in [0.2, 0.25) is 0 Å². The minimum absolute atomic E-state index is 0.110. The minimum atomic E-state index is -4.47. The molecule has 0 aromatic carbocycles. The summed E-state index contributed by atoms with van der Waals surface area (Å²) in [5.41, 5.74) is -0.900. The third-order valence-electron chi connectivity index (χ3n) is 1.90. The molecule has 0 aliphatic heterocycles. The smallest absolute Gasteiger partial charge is 0.416 e. The fraction of sp³-hybridized carbons (Fsp3) is 0.200. The van der Waals surface area contributed by atoms with Crippen LogP contribution < -0.4 is 0 Å². The zero-order valence-electron chi connectivity index (χ0n) is 11.0. The van der Waals surface area contributed by atoms with Crippen molar-refractivity contribution in [2.75, 3.05) is 0 Å². The Morgan fingerprint density at radius 1 is 1.16 bits per heavy atom. The van der Waals surface area contributed by atoms with Crippen LogP contribution in [0, 0.1) is 0 Å². The molecule has 0 saturated heterocycles. The lowest BCUT2D eigenvalue weighted by Gasteiger charge is -2.10. The van der Waals surface area contributed by atoms with Gasteiger partial charge in [-0.1, -0.05) is 37.5 Å². The molecular weight excluding hydrogens is 253 g/mol. The van der Waals surface area contributed by atoms with E-state index in [0.29, 0.717) is 5.76 Å². The van der Waals surface area contributed by atoms with Crippen LogP contribution in [0.15, 0.2) is 72.8 Å². The van der Waals surface area contributed by atoms with Crippen molar-refractivity contribution in [3.63, 3.8) is 0 Å². The highest BCUT2D eigenvalue weighted by Gasteiger charge is 2.31. The van der Waals surface area contributed by atoms with Gasteiger partial charge in [-0.3, -0.25) is 0 Å². The molecule has 0 amide bonds. The van der Waals surface area contributed by atoms with E-state index in [2.05, 4.69) is 13.2 Å². The van der Waals surface area contributed by atoms with E-state index < -0.39 is 11.7 Å². The van der Waals surface area contributed by atoms with Crippen molar-refractivity contribution < 1.29 is 17.9 Å². The minimum Gasteiger partial charge on any atom is -0.458 e. The molecule has 1 nitrogen and oxygen atoms in total. The molecule has 104 valence electrons. The second kappa shape index (κ2) is 8.19. The van der Waals surface area contributed by atoms with Crippen LogP contribution in [-0.4, -0.2) is 6.18 Å². The summed E-state index contributed by atoms with van der Waals surface area (Å²) in [5.74, 6) is 0.286. The maximum atomic E-state index is 12.5. The molecule has 0 unspecified atom stereocenters. The Bertz CT molecular complexity index is 435. The summed E-state index contributed by atoms with van der Waals surface area (Å²) in [7, 11) is 0. The quantitative estimate of drug-likeness (QED) is 0.474. The Labute approximate surface area is 111 Å². The van der Waals surface area contributed by atoms with E-state index in [4.69, 9.17) is 4.74 Å². The van der Waals surface area contributed by atoms with Crippen LogP contribution in [0.25, 0.3) is 0 Å². The first-order valence-electron chi connectivity index (χ1n) is 5.59. The van der Waals surface area contributed by atoms with Gasteiger partial charge in [-0.25, -0.2) is 0 Å². The molecule has 0 aromatic heterocycles. The molecule has 0 spiro atoms. The molecule has 0 aromatic rings. The Morgan fingerprint density at radius 2 is 1.79 bits per heavy atom. The maximum absolute atomic E-state index is 12.5. The van der Waals surface area contributed by atoms with Gasteiger partial charge in [0.15, 0.2) is 0 Å². The topological polar surface area (TPSA) is 9.23 Å². The van der Waals surface area contributed by atoms with Crippen LogP contribution >= 0.6 is 0 Å². The van der Waals surface area contributed by atoms with Crippen LogP contribution in [-0.2, 0) is 4.74 Å². The first-order valence-corrected chi connectivity index (χ1v) is 5.59. The van der Waals surface area contributed by atoms with Crippen LogP contribution in [0.3, 0.4) is 0 Å². The highest BCUT2D eigenvalue weighted by Crippen LogP contribution is 2.27. The predicted molar refractivity (Wildman–Crippen MR) is 72.3 cm³/mol. The number of allylic oxidation sites excluding steroid dienone is 8. The van der Waals surface area contributed by atoms with E-state index in [1.54, 1.807) is 37.3 Å². The van der Waals surface area contributed by atoms with Crippen molar-refractivity contribution >= 4 is 0 Å². The number of hydrogen-bond acceptors (Lipinski definition) is 1. The van der Waals surface area contributed by atoms with Crippen molar-refractivity contribution in [2.24, 2.45) is 0 Å². The fourth-order valence-electron chi connectivity index (χ4n) is 1.09. The third-order valence-corrected chi connectivity index (χ3v) is 1.90. The van der Waals surface area contributed by atoms with Crippen molar-refractivity contribution in [2.45, 2.75) is 20.0 Å². The van der Waals surface area contributed by atoms with Crippen LogP contribution in [0.5, 0.6) is 0 Å². The van der Waals surface area contributed by atoms with Gasteiger partial charge in [-0.2, -0.15) is 13.2 Å². The molecule has 0 bridgehead atoms. The van der Waals surface area contributed by atoms with Gasteiger partial charge in [0.25, 0.3) is 0 Å². The summed E-state index contributed by atoms with van der Waals surface area (Å²) in [5, 5.41) is 0. The van der Waals surface area contributed by atoms with Gasteiger partial charge in [-0.15, -0.1) is 0 Å². The van der Waals surface area contributed by atoms with Gasteiger partial charge >= 0.3 is 6.18 Å². The summed E-state index contributed by atoms with van der Waals surface area (Å²) in [4.78, 5) is 0. The van der Waals surface area contributed by atoms with Crippen molar-refractivity contribution in [1.29, 1.82) is 0 Å². The summed E-state index contributed by atoms with van der Waals surface area (Å²) in [6.45, 7) is 10.2. The van der Waals surface area contributed by atoms with Crippen LogP contribution in [0.4, 0.5) is 13.2 Å². The molecular formula is C15H17F3O. The zero-order valence-corrected chi connectivity index (χ0v) is 11.0. The van der Waals surface area contributed by atoms with E-state index in [0.717, 1.165) is 12.2 Å². The largest absolute Gasteiger partial charge is 0.458 e. The Morgan fingerprint density at radius 3 is 2.21 bits per heavy atom. The number of alkyl halides is 3. The predicted octanol–water partition coefficient (Wildman–Crippen LogP) is 5.23. The first kappa shape index (κ1) is 17.0. The third kappa shape index (κ3) is 7.13. The van der Waals surface area contributed by atoms with Gasteiger partial charge in [0.1, 0.15) is 11.5 Å². The molecule has 0 aliphatic carbocycles. The molecule has 0 saturated carbocycles. The maximum Gasteiger partial charge on any atom is 0.416 e. The summed E-state index contributed by atoms with van der Waals surface area (Å²) >= 11 is 0. The number of hydrogen-bond donors (Lipinski definition) is 0. The van der Waals surface area contributed by atoms with E-state index in [-0.39, 0.29) is 5.76 Å². The molecule has 0 radical (unpaired) electrons. The van der Waals surface area contributed by atoms with E-state index in [9.17, 15) is 13.2 Å².